The van der Waals surface area contributed by atoms with Crippen molar-refractivity contribution in [2.24, 2.45) is 23.3 Å². The average Bonchev–Trinajstić information content (AvgIpc) is 2.69. The molecule has 34 heavy (non-hydrogen) atoms. The highest BCUT2D eigenvalue weighted by Gasteiger charge is 2.38. The van der Waals surface area contributed by atoms with Crippen LogP contribution >= 0.6 is 37.2 Å². The summed E-state index contributed by atoms with van der Waals surface area (Å²) in [6.07, 6.45) is -1.83. The van der Waals surface area contributed by atoms with Crippen LogP contribution in [0.15, 0.2) is 4.79 Å². The van der Waals surface area contributed by atoms with E-state index in [-0.39, 0.29) is 73.1 Å². The monoisotopic (exact) mass is 547 g/mol. The molecule has 0 aromatic carbocycles. The zero-order valence-corrected chi connectivity index (χ0v) is 22.1. The first-order valence-electron chi connectivity index (χ1n) is 10.2. The van der Waals surface area contributed by atoms with Crippen molar-refractivity contribution >= 4 is 66.6 Å². The number of aromatic nitrogens is 2. The fourth-order valence-electron chi connectivity index (χ4n) is 2.98. The summed E-state index contributed by atoms with van der Waals surface area (Å²) in [6.45, 7) is 8.98. The molecular weight excluding hydrogens is 513 g/mol. The van der Waals surface area contributed by atoms with E-state index in [1.165, 1.54) is 0 Å². The van der Waals surface area contributed by atoms with Gasteiger partial charge in [0.2, 0.25) is 5.95 Å². The summed E-state index contributed by atoms with van der Waals surface area (Å²) in [5, 5.41) is 6.00. The minimum atomic E-state index is -0.960. The maximum atomic E-state index is 12.6. The van der Waals surface area contributed by atoms with Gasteiger partial charge in [0.05, 0.1) is 6.04 Å². The van der Waals surface area contributed by atoms with E-state index in [2.05, 4.69) is 20.6 Å². The van der Waals surface area contributed by atoms with Gasteiger partial charge in [-0.2, -0.15) is 4.98 Å². The molecule has 0 amide bonds. The number of nitrogens with one attached hydrogen (secondary N) is 3. The van der Waals surface area contributed by atoms with E-state index in [4.69, 9.17) is 26.7 Å². The van der Waals surface area contributed by atoms with Crippen molar-refractivity contribution < 1.29 is 19.1 Å². The number of H-pyrrole nitrogens is 1. The number of halogens is 3. The number of fused-ring (bicyclic) bond motifs is 1. The molecule has 0 aliphatic carbocycles. The Morgan fingerprint density at radius 1 is 0.971 bits per heavy atom. The standard InChI is InChI=1S/C19H33N7O5.3ClH/c1-7(2)11(20)17(28)30-9(5)14(31-18(29)12(21)8(3)4)10-6-23-15-13(24-10)16(27)26-19(22)25-15;;;/h7-12,14,24H,6,20-21H2,1-5H3,(H4,22,23,25,26,27);3*1H. The van der Waals surface area contributed by atoms with Crippen LogP contribution in [0.2, 0.25) is 0 Å². The van der Waals surface area contributed by atoms with Gasteiger partial charge in [-0.3, -0.25) is 19.4 Å². The lowest BCUT2D eigenvalue weighted by Gasteiger charge is -2.36. The van der Waals surface area contributed by atoms with Crippen LogP contribution < -0.4 is 33.4 Å². The number of hydrogen-bond acceptors (Lipinski definition) is 11. The minimum Gasteiger partial charge on any atom is -0.457 e. The van der Waals surface area contributed by atoms with Gasteiger partial charge in [0.1, 0.15) is 23.9 Å². The maximum absolute atomic E-state index is 12.6. The normalized spacial score (nSPS) is 17.7. The molecular formula is C19H36Cl3N7O5. The van der Waals surface area contributed by atoms with E-state index < -0.39 is 47.8 Å². The zero-order valence-electron chi connectivity index (χ0n) is 19.7. The first-order chi connectivity index (χ1) is 14.4. The molecule has 198 valence electrons. The van der Waals surface area contributed by atoms with E-state index in [0.29, 0.717) is 0 Å². The molecule has 0 saturated heterocycles. The predicted octanol–water partition coefficient (Wildman–Crippen LogP) is 0.634. The molecule has 0 saturated carbocycles. The number of nitrogens with zero attached hydrogens (tertiary/aromatic N) is 1. The van der Waals surface area contributed by atoms with Gasteiger partial charge < -0.3 is 37.3 Å². The molecule has 1 aliphatic rings. The Morgan fingerprint density at radius 3 is 1.97 bits per heavy atom. The molecule has 5 unspecified atom stereocenters. The van der Waals surface area contributed by atoms with E-state index in [9.17, 15) is 14.4 Å². The highest BCUT2D eigenvalue weighted by molar-refractivity contribution is 5.86. The van der Waals surface area contributed by atoms with Crippen molar-refractivity contribution in [2.45, 2.75) is 65.0 Å². The van der Waals surface area contributed by atoms with Crippen molar-refractivity contribution in [2.75, 3.05) is 22.9 Å². The van der Waals surface area contributed by atoms with Crippen LogP contribution in [0, 0.1) is 11.8 Å². The van der Waals surface area contributed by atoms with Gasteiger partial charge in [-0.15, -0.1) is 37.2 Å². The number of carbonyl (C=O) groups excluding carboxylic acids is 2. The highest BCUT2D eigenvalue weighted by atomic mass is 35.5. The van der Waals surface area contributed by atoms with Crippen LogP contribution in [0.5, 0.6) is 0 Å². The summed E-state index contributed by atoms with van der Waals surface area (Å²) in [4.78, 5) is 43.7. The van der Waals surface area contributed by atoms with Gasteiger partial charge in [-0.1, -0.05) is 27.7 Å². The third-order valence-corrected chi connectivity index (χ3v) is 5.15. The first-order valence-corrected chi connectivity index (χ1v) is 10.2. The Labute approximate surface area is 217 Å². The predicted molar refractivity (Wildman–Crippen MR) is 138 cm³/mol. The molecule has 1 aromatic heterocycles. The van der Waals surface area contributed by atoms with Gasteiger partial charge in [-0.25, -0.2) is 0 Å². The Balaban J connectivity index is 0. The molecule has 0 spiro atoms. The van der Waals surface area contributed by atoms with Crippen molar-refractivity contribution in [3.8, 4) is 0 Å². The zero-order chi connectivity index (χ0) is 23.5. The number of esters is 2. The van der Waals surface area contributed by atoms with Crippen molar-refractivity contribution in [1.82, 2.24) is 9.97 Å². The van der Waals surface area contributed by atoms with Crippen LogP contribution in [0.4, 0.5) is 17.5 Å². The molecule has 0 bridgehead atoms. The molecule has 2 heterocycles. The Hall–Kier alpha value is -1.99. The molecule has 5 atom stereocenters. The quantitative estimate of drug-likeness (QED) is 0.249. The van der Waals surface area contributed by atoms with Gasteiger partial charge in [0.25, 0.3) is 5.56 Å². The van der Waals surface area contributed by atoms with Crippen molar-refractivity contribution in [3.63, 3.8) is 0 Å². The molecule has 1 aromatic rings. The third kappa shape index (κ3) is 8.35. The SMILES string of the molecule is CC(C)C(N)C(=O)OC(C)C(OC(=O)C(N)C(C)C)C1CNc2nc(N)[nH]c(=O)c2N1.Cl.Cl.Cl. The second kappa shape index (κ2) is 14.4. The lowest BCUT2D eigenvalue weighted by atomic mass is 10.0. The summed E-state index contributed by atoms with van der Waals surface area (Å²) >= 11 is 0. The van der Waals surface area contributed by atoms with Gasteiger partial charge in [-0.05, 0) is 18.8 Å². The van der Waals surface area contributed by atoms with Gasteiger partial charge in [0, 0.05) is 6.54 Å². The summed E-state index contributed by atoms with van der Waals surface area (Å²) in [5.74, 6) is -1.32. The van der Waals surface area contributed by atoms with Crippen molar-refractivity contribution in [3.05, 3.63) is 10.4 Å². The van der Waals surface area contributed by atoms with Gasteiger partial charge in [0.15, 0.2) is 11.9 Å². The van der Waals surface area contributed by atoms with Crippen LogP contribution in [0.1, 0.15) is 34.6 Å². The van der Waals surface area contributed by atoms with Crippen LogP contribution in [0.25, 0.3) is 0 Å². The largest absolute Gasteiger partial charge is 0.457 e. The molecule has 15 heteroatoms. The van der Waals surface area contributed by atoms with E-state index in [0.717, 1.165) is 0 Å². The second-order valence-electron chi connectivity index (χ2n) is 8.39. The molecule has 2 rings (SSSR count). The Bertz CT molecular complexity index is 871. The number of nitrogens with two attached hydrogens (primary N) is 3. The number of nitrogen functional groups attached to an aromatic ring is 1. The second-order valence-corrected chi connectivity index (χ2v) is 8.39. The Morgan fingerprint density at radius 2 is 1.47 bits per heavy atom. The fraction of sp³-hybridized carbons (Fsp3) is 0.684. The third-order valence-electron chi connectivity index (χ3n) is 5.15. The number of rotatable bonds is 8. The van der Waals surface area contributed by atoms with Crippen LogP contribution in [0.3, 0.4) is 0 Å². The van der Waals surface area contributed by atoms with E-state index in [1.807, 2.05) is 0 Å². The van der Waals surface area contributed by atoms with E-state index >= 15 is 0 Å². The molecule has 0 radical (unpaired) electrons. The number of ether oxygens (including phenoxy) is 2. The smallest absolute Gasteiger partial charge is 0.323 e. The average molecular weight is 549 g/mol. The summed E-state index contributed by atoms with van der Waals surface area (Å²) < 4.78 is 11.1. The molecule has 1 aliphatic heterocycles. The maximum Gasteiger partial charge on any atom is 0.323 e. The lowest BCUT2D eigenvalue weighted by Crippen LogP contribution is -2.54. The molecule has 12 nitrogen and oxygen atoms in total. The Kier molecular flexibility index (Phi) is 14.5. The highest BCUT2D eigenvalue weighted by Crippen LogP contribution is 2.24. The summed E-state index contributed by atoms with van der Waals surface area (Å²) in [5.41, 5.74) is 17.0. The number of anilines is 3. The number of carbonyl (C=O) groups is 2. The fourth-order valence-corrected chi connectivity index (χ4v) is 2.98. The topological polar surface area (TPSA) is 200 Å². The van der Waals surface area contributed by atoms with Crippen molar-refractivity contribution in [1.29, 1.82) is 0 Å². The number of hydrogen-bond donors (Lipinski definition) is 6. The van der Waals surface area contributed by atoms with Gasteiger partial charge >= 0.3 is 11.9 Å². The molecule has 0 fully saturated rings. The minimum absolute atomic E-state index is 0. The van der Waals surface area contributed by atoms with E-state index in [1.54, 1.807) is 34.6 Å². The number of aromatic amines is 1. The molecule has 9 N–H and O–H groups in total. The van der Waals surface area contributed by atoms with Crippen LogP contribution in [-0.4, -0.2) is 58.8 Å². The van der Waals surface area contributed by atoms with Crippen LogP contribution in [-0.2, 0) is 19.1 Å². The first kappa shape index (κ1) is 34.2. The summed E-state index contributed by atoms with van der Waals surface area (Å²) in [7, 11) is 0. The summed E-state index contributed by atoms with van der Waals surface area (Å²) in [6, 6.07) is -2.32. The lowest BCUT2D eigenvalue weighted by molar-refractivity contribution is -0.170.